The molecule has 1 aliphatic rings. The van der Waals surface area contributed by atoms with E-state index in [1.807, 2.05) is 0 Å². The summed E-state index contributed by atoms with van der Waals surface area (Å²) in [6.07, 6.45) is 0.235. The lowest BCUT2D eigenvalue weighted by Gasteiger charge is -2.27. The number of halogens is 1. The fourth-order valence-electron chi connectivity index (χ4n) is 2.24. The van der Waals surface area contributed by atoms with Gasteiger partial charge in [0, 0.05) is 19.6 Å². The number of urea groups is 1. The van der Waals surface area contributed by atoms with Gasteiger partial charge >= 0.3 is 12.0 Å². The van der Waals surface area contributed by atoms with Crippen LogP contribution in [0.4, 0.5) is 9.18 Å². The topological polar surface area (TPSA) is 78.9 Å². The third kappa shape index (κ3) is 4.70. The molecular formula is C15H19FN2O4. The van der Waals surface area contributed by atoms with Crippen molar-refractivity contribution in [3.63, 3.8) is 0 Å². The van der Waals surface area contributed by atoms with Crippen LogP contribution in [0.5, 0.6) is 0 Å². The van der Waals surface area contributed by atoms with Gasteiger partial charge in [0.1, 0.15) is 5.82 Å². The number of carboxylic acids is 1. The molecule has 22 heavy (non-hydrogen) atoms. The van der Waals surface area contributed by atoms with Gasteiger partial charge in [0.15, 0.2) is 0 Å². The van der Waals surface area contributed by atoms with Crippen LogP contribution in [0.1, 0.15) is 5.56 Å². The summed E-state index contributed by atoms with van der Waals surface area (Å²) in [5.41, 5.74) is 0.717. The van der Waals surface area contributed by atoms with Gasteiger partial charge in [-0.1, -0.05) is 12.1 Å². The van der Waals surface area contributed by atoms with Crippen LogP contribution >= 0.6 is 0 Å². The first-order valence-corrected chi connectivity index (χ1v) is 7.14. The van der Waals surface area contributed by atoms with E-state index in [9.17, 15) is 19.1 Å². The summed E-state index contributed by atoms with van der Waals surface area (Å²) in [5, 5.41) is 11.9. The predicted octanol–water partition coefficient (Wildman–Crippen LogP) is 1.11. The maximum absolute atomic E-state index is 12.9. The average Bonchev–Trinajstić information content (AvgIpc) is 2.53. The highest BCUT2D eigenvalue weighted by Crippen LogP contribution is 2.10. The Morgan fingerprint density at radius 3 is 2.50 bits per heavy atom. The second-order valence-corrected chi connectivity index (χ2v) is 5.15. The van der Waals surface area contributed by atoms with E-state index in [4.69, 9.17) is 4.74 Å². The number of carbonyl (C=O) groups is 2. The van der Waals surface area contributed by atoms with E-state index >= 15 is 0 Å². The molecule has 1 aliphatic heterocycles. The van der Waals surface area contributed by atoms with Crippen LogP contribution in [0.15, 0.2) is 24.3 Å². The number of hydrogen-bond acceptors (Lipinski definition) is 3. The second-order valence-electron chi connectivity index (χ2n) is 5.15. The lowest BCUT2D eigenvalue weighted by atomic mass is 9.99. The Morgan fingerprint density at radius 1 is 1.27 bits per heavy atom. The maximum Gasteiger partial charge on any atom is 0.317 e. The zero-order valence-electron chi connectivity index (χ0n) is 12.1. The molecule has 0 spiro atoms. The van der Waals surface area contributed by atoms with E-state index in [1.165, 1.54) is 12.1 Å². The Morgan fingerprint density at radius 2 is 1.91 bits per heavy atom. The van der Waals surface area contributed by atoms with Gasteiger partial charge in [0.25, 0.3) is 0 Å². The van der Waals surface area contributed by atoms with Crippen molar-refractivity contribution in [3.05, 3.63) is 35.6 Å². The molecule has 1 unspecified atom stereocenters. The van der Waals surface area contributed by atoms with Crippen LogP contribution in [0.2, 0.25) is 0 Å². The fraction of sp³-hybridized carbons (Fsp3) is 0.467. The minimum Gasteiger partial charge on any atom is -0.481 e. The highest BCUT2D eigenvalue weighted by Gasteiger charge is 2.22. The van der Waals surface area contributed by atoms with Crippen molar-refractivity contribution in [2.24, 2.45) is 5.92 Å². The van der Waals surface area contributed by atoms with E-state index in [2.05, 4.69) is 5.32 Å². The number of ether oxygens (including phenoxy) is 1. The van der Waals surface area contributed by atoms with Crippen molar-refractivity contribution in [3.8, 4) is 0 Å². The summed E-state index contributed by atoms with van der Waals surface area (Å²) in [6, 6.07) is 5.40. The molecule has 0 radical (unpaired) electrons. The van der Waals surface area contributed by atoms with Crippen molar-refractivity contribution in [1.82, 2.24) is 10.2 Å². The largest absolute Gasteiger partial charge is 0.481 e. The lowest BCUT2D eigenvalue weighted by molar-refractivity contribution is -0.141. The zero-order valence-corrected chi connectivity index (χ0v) is 12.1. The number of nitrogens with zero attached hydrogens (tertiary/aromatic N) is 1. The number of morpholine rings is 1. The Hall–Kier alpha value is -2.15. The quantitative estimate of drug-likeness (QED) is 0.854. The van der Waals surface area contributed by atoms with E-state index in [-0.39, 0.29) is 24.8 Å². The Labute approximate surface area is 127 Å². The molecule has 2 amide bonds. The van der Waals surface area contributed by atoms with Crippen molar-refractivity contribution in [2.45, 2.75) is 6.42 Å². The number of carbonyl (C=O) groups excluding carboxylic acids is 1. The molecule has 0 saturated carbocycles. The molecule has 120 valence electrons. The smallest absolute Gasteiger partial charge is 0.317 e. The number of nitrogens with one attached hydrogen (secondary N) is 1. The van der Waals surface area contributed by atoms with Crippen LogP contribution in [0.25, 0.3) is 0 Å². The standard InChI is InChI=1S/C15H19FN2O4/c16-13-3-1-11(2-4-13)9-12(14(19)20)10-17-15(21)18-5-7-22-8-6-18/h1-4,12H,5-10H2,(H,17,21)(H,19,20). The zero-order chi connectivity index (χ0) is 15.9. The molecule has 0 bridgehead atoms. The van der Waals surface area contributed by atoms with Crippen molar-refractivity contribution in [2.75, 3.05) is 32.8 Å². The fourth-order valence-corrected chi connectivity index (χ4v) is 2.24. The van der Waals surface area contributed by atoms with Gasteiger partial charge in [0.2, 0.25) is 0 Å². The third-order valence-electron chi connectivity index (χ3n) is 3.54. The third-order valence-corrected chi connectivity index (χ3v) is 3.54. The van der Waals surface area contributed by atoms with E-state index in [1.54, 1.807) is 17.0 Å². The second kappa shape index (κ2) is 7.74. The molecule has 0 aromatic heterocycles. The molecule has 1 fully saturated rings. The van der Waals surface area contributed by atoms with E-state index in [0.717, 1.165) is 5.56 Å². The Kier molecular flexibility index (Phi) is 5.71. The number of hydrogen-bond donors (Lipinski definition) is 2. The molecule has 7 heteroatoms. The highest BCUT2D eigenvalue weighted by molar-refractivity contribution is 5.76. The highest BCUT2D eigenvalue weighted by atomic mass is 19.1. The lowest BCUT2D eigenvalue weighted by Crippen LogP contribution is -2.48. The number of aliphatic carboxylic acids is 1. The van der Waals surface area contributed by atoms with Crippen LogP contribution in [0, 0.1) is 11.7 Å². The minimum absolute atomic E-state index is 0.0307. The van der Waals surface area contributed by atoms with E-state index in [0.29, 0.717) is 26.3 Å². The van der Waals surface area contributed by atoms with Gasteiger partial charge in [-0.3, -0.25) is 4.79 Å². The summed E-state index contributed by atoms with van der Waals surface area (Å²) in [6.45, 7) is 2.02. The van der Waals surface area contributed by atoms with Crippen LogP contribution in [-0.2, 0) is 16.0 Å². The maximum atomic E-state index is 12.9. The molecule has 1 heterocycles. The van der Waals surface area contributed by atoms with Crippen molar-refractivity contribution < 1.29 is 23.8 Å². The summed E-state index contributed by atoms with van der Waals surface area (Å²) in [4.78, 5) is 24.8. The van der Waals surface area contributed by atoms with Crippen molar-refractivity contribution >= 4 is 12.0 Å². The molecule has 1 aromatic carbocycles. The average molecular weight is 310 g/mol. The Bertz CT molecular complexity index is 515. The molecular weight excluding hydrogens is 291 g/mol. The summed E-state index contributed by atoms with van der Waals surface area (Å²) in [7, 11) is 0. The Balaban J connectivity index is 1.87. The van der Waals surface area contributed by atoms with Gasteiger partial charge < -0.3 is 20.1 Å². The number of amides is 2. The van der Waals surface area contributed by atoms with Gasteiger partial charge in [-0.25, -0.2) is 9.18 Å². The molecule has 0 aliphatic carbocycles. The summed E-state index contributed by atoms with van der Waals surface area (Å²) in [5.74, 6) is -2.11. The summed E-state index contributed by atoms with van der Waals surface area (Å²) < 4.78 is 18.0. The van der Waals surface area contributed by atoms with Gasteiger partial charge in [-0.2, -0.15) is 0 Å². The van der Waals surface area contributed by atoms with Gasteiger partial charge in [-0.05, 0) is 24.1 Å². The van der Waals surface area contributed by atoms with Crippen LogP contribution in [0.3, 0.4) is 0 Å². The van der Waals surface area contributed by atoms with Crippen molar-refractivity contribution in [1.29, 1.82) is 0 Å². The van der Waals surface area contributed by atoms with Crippen LogP contribution < -0.4 is 5.32 Å². The molecule has 1 aromatic rings. The predicted molar refractivity (Wildman–Crippen MR) is 77.0 cm³/mol. The first kappa shape index (κ1) is 16.2. The first-order valence-electron chi connectivity index (χ1n) is 7.14. The van der Waals surface area contributed by atoms with Crippen LogP contribution in [-0.4, -0.2) is 54.9 Å². The van der Waals surface area contributed by atoms with E-state index < -0.39 is 11.9 Å². The number of benzene rings is 1. The van der Waals surface area contributed by atoms with Gasteiger partial charge in [-0.15, -0.1) is 0 Å². The summed E-state index contributed by atoms with van der Waals surface area (Å²) >= 11 is 0. The normalized spacial score (nSPS) is 16.1. The molecule has 2 rings (SSSR count). The monoisotopic (exact) mass is 310 g/mol. The first-order chi connectivity index (χ1) is 10.6. The minimum atomic E-state index is -0.994. The SMILES string of the molecule is O=C(O)C(CNC(=O)N1CCOCC1)Cc1ccc(F)cc1. The number of rotatable bonds is 5. The van der Waals surface area contributed by atoms with Gasteiger partial charge in [0.05, 0.1) is 19.1 Å². The molecule has 1 saturated heterocycles. The number of carboxylic acid groups (broad SMARTS) is 1. The molecule has 6 nitrogen and oxygen atoms in total. The molecule has 1 atom stereocenters. The molecule has 2 N–H and O–H groups in total.